The van der Waals surface area contributed by atoms with E-state index in [4.69, 9.17) is 16.3 Å². The Balaban J connectivity index is 1.77. The lowest BCUT2D eigenvalue weighted by Gasteiger charge is -2.43. The Kier molecular flexibility index (Phi) is 4.16. The summed E-state index contributed by atoms with van der Waals surface area (Å²) in [6.07, 6.45) is 0.351. The molecule has 1 unspecified atom stereocenters. The molecule has 27 heavy (non-hydrogen) atoms. The third-order valence-corrected chi connectivity index (χ3v) is 5.25. The fraction of sp³-hybridized carbons (Fsp3) is 0.278. The number of benzene rings is 1. The molecule has 0 bridgehead atoms. The molecule has 3 aromatic rings. The van der Waals surface area contributed by atoms with Crippen LogP contribution in [0.5, 0.6) is 0 Å². The van der Waals surface area contributed by atoms with Crippen molar-refractivity contribution >= 4 is 28.7 Å². The van der Waals surface area contributed by atoms with E-state index in [1.807, 2.05) is 31.2 Å². The number of hydrogen-bond donors (Lipinski definition) is 2. The highest BCUT2D eigenvalue weighted by molar-refractivity contribution is 6.31. The first-order valence-electron chi connectivity index (χ1n) is 8.36. The molecule has 0 spiro atoms. The lowest BCUT2D eigenvalue weighted by atomic mass is 9.90. The van der Waals surface area contributed by atoms with E-state index in [-0.39, 0.29) is 12.2 Å². The number of nitrogens with zero attached hydrogens (tertiary/aromatic N) is 3. The van der Waals surface area contributed by atoms with Crippen LogP contribution in [0.1, 0.15) is 12.5 Å². The van der Waals surface area contributed by atoms with Gasteiger partial charge in [0.05, 0.1) is 30.5 Å². The molecular weight excluding hydrogens is 372 g/mol. The number of amides is 1. The van der Waals surface area contributed by atoms with Gasteiger partial charge in [-0.15, -0.1) is 0 Å². The van der Waals surface area contributed by atoms with Gasteiger partial charge in [0, 0.05) is 12.2 Å². The first kappa shape index (κ1) is 17.6. The molecule has 9 heteroatoms. The SMILES string of the molecule is CC1(c2ccc(-n3c(Cl)cc4c(=O)[nH]cnc43)cc2)COCCN1C(=O)O. The Bertz CT molecular complexity index is 1080. The van der Waals surface area contributed by atoms with Crippen molar-refractivity contribution in [1.29, 1.82) is 0 Å². The van der Waals surface area contributed by atoms with Crippen LogP contribution in [0.4, 0.5) is 4.79 Å². The molecule has 1 saturated heterocycles. The zero-order valence-electron chi connectivity index (χ0n) is 14.5. The highest BCUT2D eigenvalue weighted by atomic mass is 35.5. The first-order chi connectivity index (χ1) is 12.9. The van der Waals surface area contributed by atoms with E-state index in [1.54, 1.807) is 10.6 Å². The number of fused-ring (bicyclic) bond motifs is 1. The van der Waals surface area contributed by atoms with Crippen molar-refractivity contribution in [1.82, 2.24) is 19.4 Å². The Morgan fingerprint density at radius 2 is 2.11 bits per heavy atom. The third-order valence-electron chi connectivity index (χ3n) is 4.97. The summed E-state index contributed by atoms with van der Waals surface area (Å²) < 4.78 is 7.20. The van der Waals surface area contributed by atoms with Gasteiger partial charge in [-0.05, 0) is 30.7 Å². The number of rotatable bonds is 2. The fourth-order valence-corrected chi connectivity index (χ4v) is 3.79. The van der Waals surface area contributed by atoms with Crippen LogP contribution in [0.2, 0.25) is 5.15 Å². The van der Waals surface area contributed by atoms with E-state index in [9.17, 15) is 14.7 Å². The van der Waals surface area contributed by atoms with E-state index in [2.05, 4.69) is 9.97 Å². The zero-order valence-corrected chi connectivity index (χ0v) is 15.2. The number of hydrogen-bond acceptors (Lipinski definition) is 4. The number of aromatic nitrogens is 3. The first-order valence-corrected chi connectivity index (χ1v) is 8.73. The molecule has 0 radical (unpaired) electrons. The predicted molar refractivity (Wildman–Crippen MR) is 99.6 cm³/mol. The van der Waals surface area contributed by atoms with Gasteiger partial charge in [-0.1, -0.05) is 23.7 Å². The number of ether oxygens (including phenoxy) is 1. The maximum atomic E-state index is 11.9. The van der Waals surface area contributed by atoms with Crippen LogP contribution < -0.4 is 5.56 Å². The van der Waals surface area contributed by atoms with Gasteiger partial charge in [0.25, 0.3) is 5.56 Å². The van der Waals surface area contributed by atoms with Gasteiger partial charge in [-0.25, -0.2) is 9.78 Å². The summed E-state index contributed by atoms with van der Waals surface area (Å²) in [5, 5.41) is 10.3. The normalized spacial score (nSPS) is 20.1. The number of nitrogens with one attached hydrogen (secondary N) is 1. The van der Waals surface area contributed by atoms with Gasteiger partial charge < -0.3 is 14.8 Å². The Morgan fingerprint density at radius 3 is 2.81 bits per heavy atom. The number of morpholine rings is 1. The molecule has 4 rings (SSSR count). The number of aromatic amines is 1. The lowest BCUT2D eigenvalue weighted by molar-refractivity contribution is -0.0505. The van der Waals surface area contributed by atoms with Crippen LogP contribution in [-0.2, 0) is 10.3 Å². The number of carbonyl (C=O) groups is 1. The van der Waals surface area contributed by atoms with Crippen LogP contribution in [0, 0.1) is 0 Å². The molecular formula is C18H17ClN4O4. The lowest BCUT2D eigenvalue weighted by Crippen LogP contribution is -2.54. The van der Waals surface area contributed by atoms with E-state index in [0.29, 0.717) is 29.3 Å². The molecule has 8 nitrogen and oxygen atoms in total. The molecule has 0 aliphatic carbocycles. The molecule has 1 aliphatic heterocycles. The molecule has 140 valence electrons. The van der Waals surface area contributed by atoms with Gasteiger partial charge in [-0.2, -0.15) is 0 Å². The minimum atomic E-state index is -0.979. The van der Waals surface area contributed by atoms with Crippen molar-refractivity contribution in [3.05, 3.63) is 57.7 Å². The molecule has 1 fully saturated rings. The number of H-pyrrole nitrogens is 1. The molecule has 2 aromatic heterocycles. The largest absolute Gasteiger partial charge is 0.465 e. The Labute approximate surface area is 159 Å². The summed E-state index contributed by atoms with van der Waals surface area (Å²) in [5.41, 5.74) is 0.948. The molecule has 1 aliphatic rings. The van der Waals surface area contributed by atoms with Crippen LogP contribution in [0.25, 0.3) is 16.7 Å². The number of halogens is 1. The Hall–Kier alpha value is -2.84. The summed E-state index contributed by atoms with van der Waals surface area (Å²) in [4.78, 5) is 31.7. The summed E-state index contributed by atoms with van der Waals surface area (Å²) in [6.45, 7) is 2.82. The second-order valence-corrected chi connectivity index (χ2v) is 6.97. The summed E-state index contributed by atoms with van der Waals surface area (Å²) >= 11 is 6.32. The summed E-state index contributed by atoms with van der Waals surface area (Å²) in [7, 11) is 0. The highest BCUT2D eigenvalue weighted by Crippen LogP contribution is 2.33. The van der Waals surface area contributed by atoms with E-state index in [1.165, 1.54) is 11.2 Å². The smallest absolute Gasteiger partial charge is 0.408 e. The van der Waals surface area contributed by atoms with Crippen LogP contribution >= 0.6 is 11.6 Å². The number of carboxylic acid groups (broad SMARTS) is 1. The van der Waals surface area contributed by atoms with Gasteiger partial charge in [0.15, 0.2) is 5.65 Å². The van der Waals surface area contributed by atoms with Gasteiger partial charge >= 0.3 is 6.09 Å². The van der Waals surface area contributed by atoms with E-state index < -0.39 is 11.6 Å². The summed E-state index contributed by atoms with van der Waals surface area (Å²) in [5.74, 6) is 0. The van der Waals surface area contributed by atoms with Crippen molar-refractivity contribution in [2.75, 3.05) is 19.8 Å². The van der Waals surface area contributed by atoms with Crippen LogP contribution in [0.15, 0.2) is 41.5 Å². The summed E-state index contributed by atoms with van der Waals surface area (Å²) in [6, 6.07) is 8.90. The molecule has 1 amide bonds. The molecule has 3 heterocycles. The average Bonchev–Trinajstić information content (AvgIpc) is 2.99. The van der Waals surface area contributed by atoms with Crippen molar-refractivity contribution < 1.29 is 14.6 Å². The predicted octanol–water partition coefficient (Wildman–Crippen LogP) is 2.59. The van der Waals surface area contributed by atoms with Crippen molar-refractivity contribution in [3.63, 3.8) is 0 Å². The van der Waals surface area contributed by atoms with Gasteiger partial charge in [0.2, 0.25) is 0 Å². The molecule has 0 saturated carbocycles. The zero-order chi connectivity index (χ0) is 19.2. The van der Waals surface area contributed by atoms with Gasteiger partial charge in [0.1, 0.15) is 5.15 Å². The van der Waals surface area contributed by atoms with E-state index >= 15 is 0 Å². The molecule has 1 atom stereocenters. The quantitative estimate of drug-likeness (QED) is 0.702. The van der Waals surface area contributed by atoms with Crippen molar-refractivity contribution in [2.45, 2.75) is 12.5 Å². The maximum absolute atomic E-state index is 11.9. The molecule has 1 aromatic carbocycles. The van der Waals surface area contributed by atoms with Crippen LogP contribution in [0.3, 0.4) is 0 Å². The average molecular weight is 389 g/mol. The van der Waals surface area contributed by atoms with Crippen molar-refractivity contribution in [3.8, 4) is 5.69 Å². The fourth-order valence-electron chi connectivity index (χ4n) is 3.51. The minimum Gasteiger partial charge on any atom is -0.465 e. The third kappa shape index (κ3) is 2.77. The second kappa shape index (κ2) is 6.40. The second-order valence-electron chi connectivity index (χ2n) is 6.58. The minimum absolute atomic E-state index is 0.263. The van der Waals surface area contributed by atoms with Crippen molar-refractivity contribution in [2.24, 2.45) is 0 Å². The Morgan fingerprint density at radius 1 is 1.37 bits per heavy atom. The van der Waals surface area contributed by atoms with E-state index in [0.717, 1.165) is 11.3 Å². The van der Waals surface area contributed by atoms with Crippen LogP contribution in [-0.4, -0.2) is 50.4 Å². The topological polar surface area (TPSA) is 100 Å². The standard InChI is InChI=1S/C18H17ClN4O4/c1-18(9-27-7-6-22(18)17(25)26)11-2-4-12(5-3-11)23-14(19)8-13-15(23)20-10-21-16(13)24/h2-5,8,10H,6-7,9H2,1H3,(H,25,26)(H,20,21,24). The highest BCUT2D eigenvalue weighted by Gasteiger charge is 2.40. The monoisotopic (exact) mass is 388 g/mol. The molecule has 2 N–H and O–H groups in total. The van der Waals surface area contributed by atoms with Gasteiger partial charge in [-0.3, -0.25) is 14.3 Å². The maximum Gasteiger partial charge on any atom is 0.408 e.